The molecule has 1 N–H and O–H groups in total. The van der Waals surface area contributed by atoms with Crippen molar-refractivity contribution in [3.05, 3.63) is 46.8 Å². The van der Waals surface area contributed by atoms with E-state index < -0.39 is 0 Å². The van der Waals surface area contributed by atoms with Crippen LogP contribution in [0.2, 0.25) is 5.02 Å². The van der Waals surface area contributed by atoms with Crippen LogP contribution in [-0.2, 0) is 13.2 Å². The fourth-order valence-electron chi connectivity index (χ4n) is 1.62. The lowest BCUT2D eigenvalue weighted by molar-refractivity contribution is 0.247. The summed E-state index contributed by atoms with van der Waals surface area (Å²) in [5.74, 6) is 1.44. The fraction of sp³-hybridized carbons (Fsp3) is 0.357. The Morgan fingerprint density at radius 1 is 1.37 bits per heavy atom. The van der Waals surface area contributed by atoms with Gasteiger partial charge in [-0.05, 0) is 12.1 Å². The molecule has 102 valence electrons. The van der Waals surface area contributed by atoms with E-state index in [0.29, 0.717) is 30.0 Å². The monoisotopic (exact) mass is 280 g/mol. The number of nitrogens with one attached hydrogen (secondary N) is 1. The van der Waals surface area contributed by atoms with Crippen LogP contribution in [0, 0.1) is 0 Å². The zero-order valence-corrected chi connectivity index (χ0v) is 11.8. The van der Waals surface area contributed by atoms with E-state index >= 15 is 0 Å². The highest BCUT2D eigenvalue weighted by atomic mass is 35.5. The van der Waals surface area contributed by atoms with Crippen molar-refractivity contribution < 1.29 is 9.26 Å². The standard InChI is InChI=1S/C14H17ClN2O2/c1-10(2)16-8-12-13(15)4-3-5-14(12)18-9-11-6-7-17-19-11/h3-7,10,16H,8-9H2,1-2H3. The molecule has 0 atom stereocenters. The molecule has 2 rings (SSSR count). The van der Waals surface area contributed by atoms with Crippen molar-refractivity contribution >= 4 is 11.6 Å². The van der Waals surface area contributed by atoms with E-state index in [9.17, 15) is 0 Å². The smallest absolute Gasteiger partial charge is 0.174 e. The molecule has 0 radical (unpaired) electrons. The number of benzene rings is 1. The molecule has 0 fully saturated rings. The van der Waals surface area contributed by atoms with Crippen LogP contribution in [0.3, 0.4) is 0 Å². The van der Waals surface area contributed by atoms with Gasteiger partial charge in [-0.15, -0.1) is 0 Å². The second-order valence-electron chi connectivity index (χ2n) is 4.52. The molecule has 0 saturated heterocycles. The van der Waals surface area contributed by atoms with Gasteiger partial charge in [0.25, 0.3) is 0 Å². The van der Waals surface area contributed by atoms with Crippen molar-refractivity contribution in [2.45, 2.75) is 33.0 Å². The second-order valence-corrected chi connectivity index (χ2v) is 4.93. The molecule has 2 aromatic rings. The molecule has 0 bridgehead atoms. The Hall–Kier alpha value is -1.52. The summed E-state index contributed by atoms with van der Waals surface area (Å²) >= 11 is 6.22. The highest BCUT2D eigenvalue weighted by Crippen LogP contribution is 2.27. The number of rotatable bonds is 6. The van der Waals surface area contributed by atoms with Gasteiger partial charge in [0, 0.05) is 29.2 Å². The van der Waals surface area contributed by atoms with Crippen molar-refractivity contribution in [2.24, 2.45) is 0 Å². The first kappa shape index (κ1) is 13.9. The molecule has 0 unspecified atom stereocenters. The highest BCUT2D eigenvalue weighted by molar-refractivity contribution is 6.31. The van der Waals surface area contributed by atoms with Gasteiger partial charge in [0.1, 0.15) is 12.4 Å². The number of ether oxygens (including phenoxy) is 1. The fourth-order valence-corrected chi connectivity index (χ4v) is 1.85. The summed E-state index contributed by atoms with van der Waals surface area (Å²) < 4.78 is 10.7. The molecular formula is C14H17ClN2O2. The van der Waals surface area contributed by atoms with E-state index in [-0.39, 0.29) is 0 Å². The number of hydrogen-bond donors (Lipinski definition) is 1. The van der Waals surface area contributed by atoms with Crippen LogP contribution in [0.4, 0.5) is 0 Å². The lowest BCUT2D eigenvalue weighted by Crippen LogP contribution is -2.22. The summed E-state index contributed by atoms with van der Waals surface area (Å²) in [6, 6.07) is 7.80. The van der Waals surface area contributed by atoms with Crippen molar-refractivity contribution in [3.8, 4) is 5.75 Å². The Bertz CT molecular complexity index is 512. The minimum Gasteiger partial charge on any atom is -0.485 e. The first-order valence-corrected chi connectivity index (χ1v) is 6.57. The topological polar surface area (TPSA) is 47.3 Å². The van der Waals surface area contributed by atoms with Crippen molar-refractivity contribution in [1.82, 2.24) is 10.5 Å². The van der Waals surface area contributed by atoms with Gasteiger partial charge >= 0.3 is 0 Å². The maximum absolute atomic E-state index is 6.22. The summed E-state index contributed by atoms with van der Waals surface area (Å²) in [7, 11) is 0. The SMILES string of the molecule is CC(C)NCc1c(Cl)cccc1OCc1ccno1. The maximum Gasteiger partial charge on any atom is 0.174 e. The second kappa shape index (κ2) is 6.59. The van der Waals surface area contributed by atoms with Gasteiger partial charge in [0.15, 0.2) is 5.76 Å². The molecular weight excluding hydrogens is 264 g/mol. The van der Waals surface area contributed by atoms with Gasteiger partial charge in [-0.1, -0.05) is 36.7 Å². The molecule has 0 amide bonds. The Morgan fingerprint density at radius 3 is 2.89 bits per heavy atom. The molecule has 1 aromatic heterocycles. The van der Waals surface area contributed by atoms with Gasteiger partial charge in [-0.3, -0.25) is 0 Å². The summed E-state index contributed by atoms with van der Waals surface area (Å²) in [5, 5.41) is 7.67. The number of hydrogen-bond acceptors (Lipinski definition) is 4. The summed E-state index contributed by atoms with van der Waals surface area (Å²) in [6.07, 6.45) is 1.60. The van der Waals surface area contributed by atoms with Gasteiger partial charge in [0.05, 0.1) is 6.20 Å². The third-order valence-corrected chi connectivity index (χ3v) is 2.98. The van der Waals surface area contributed by atoms with Crippen LogP contribution >= 0.6 is 11.6 Å². The minimum atomic E-state index is 0.342. The Kier molecular flexibility index (Phi) is 4.82. The molecule has 19 heavy (non-hydrogen) atoms. The molecule has 0 saturated carbocycles. The Labute approximate surface area is 117 Å². The highest BCUT2D eigenvalue weighted by Gasteiger charge is 2.09. The van der Waals surface area contributed by atoms with Gasteiger partial charge < -0.3 is 14.6 Å². The molecule has 0 aliphatic rings. The molecule has 1 heterocycles. The van der Waals surface area contributed by atoms with E-state index in [2.05, 4.69) is 24.3 Å². The van der Waals surface area contributed by atoms with Crippen LogP contribution in [0.25, 0.3) is 0 Å². The van der Waals surface area contributed by atoms with Crippen molar-refractivity contribution in [1.29, 1.82) is 0 Å². The van der Waals surface area contributed by atoms with E-state index in [4.69, 9.17) is 20.9 Å². The number of aromatic nitrogens is 1. The van der Waals surface area contributed by atoms with Crippen molar-refractivity contribution in [3.63, 3.8) is 0 Å². The Morgan fingerprint density at radius 2 is 2.21 bits per heavy atom. The van der Waals surface area contributed by atoms with Crippen LogP contribution in [0.5, 0.6) is 5.75 Å². The third-order valence-electron chi connectivity index (χ3n) is 2.62. The summed E-state index contributed by atoms with van der Waals surface area (Å²) in [6.45, 7) is 5.19. The van der Waals surface area contributed by atoms with Crippen LogP contribution < -0.4 is 10.1 Å². The lowest BCUT2D eigenvalue weighted by atomic mass is 10.2. The maximum atomic E-state index is 6.22. The largest absolute Gasteiger partial charge is 0.485 e. The molecule has 5 heteroatoms. The Balaban J connectivity index is 2.08. The zero-order valence-electron chi connectivity index (χ0n) is 11.0. The summed E-state index contributed by atoms with van der Waals surface area (Å²) in [4.78, 5) is 0. The van der Waals surface area contributed by atoms with Gasteiger partial charge in [-0.2, -0.15) is 0 Å². The molecule has 0 spiro atoms. The van der Waals surface area contributed by atoms with Crippen molar-refractivity contribution in [2.75, 3.05) is 0 Å². The quantitative estimate of drug-likeness (QED) is 0.881. The molecule has 4 nitrogen and oxygen atoms in total. The predicted molar refractivity (Wildman–Crippen MR) is 74.3 cm³/mol. The van der Waals surface area contributed by atoms with E-state index in [1.165, 1.54) is 0 Å². The minimum absolute atomic E-state index is 0.342. The van der Waals surface area contributed by atoms with E-state index in [0.717, 1.165) is 11.3 Å². The lowest BCUT2D eigenvalue weighted by Gasteiger charge is -2.14. The van der Waals surface area contributed by atoms with Gasteiger partial charge in [-0.25, -0.2) is 0 Å². The first-order chi connectivity index (χ1) is 9.16. The van der Waals surface area contributed by atoms with Crippen LogP contribution in [-0.4, -0.2) is 11.2 Å². The predicted octanol–water partition coefficient (Wildman–Crippen LogP) is 3.41. The van der Waals surface area contributed by atoms with Crippen LogP contribution in [0.15, 0.2) is 35.0 Å². The average molecular weight is 281 g/mol. The molecule has 0 aliphatic carbocycles. The van der Waals surface area contributed by atoms with Gasteiger partial charge in [0.2, 0.25) is 0 Å². The first-order valence-electron chi connectivity index (χ1n) is 6.20. The van der Waals surface area contributed by atoms with E-state index in [1.807, 2.05) is 18.2 Å². The van der Waals surface area contributed by atoms with Crippen LogP contribution in [0.1, 0.15) is 25.2 Å². The zero-order chi connectivity index (χ0) is 13.7. The summed E-state index contributed by atoms with van der Waals surface area (Å²) in [5.41, 5.74) is 0.956. The number of nitrogens with zero attached hydrogens (tertiary/aromatic N) is 1. The third kappa shape index (κ3) is 3.98. The molecule has 0 aliphatic heterocycles. The number of halogens is 1. The average Bonchev–Trinajstić information content (AvgIpc) is 2.88. The normalized spacial score (nSPS) is 10.9. The van der Waals surface area contributed by atoms with E-state index in [1.54, 1.807) is 12.3 Å². The molecule has 1 aromatic carbocycles.